The van der Waals surface area contributed by atoms with Gasteiger partial charge in [-0.1, -0.05) is 18.2 Å². The van der Waals surface area contributed by atoms with E-state index in [1.165, 1.54) is 11.2 Å². The molecule has 10 heteroatoms. The van der Waals surface area contributed by atoms with Crippen LogP contribution in [0, 0.1) is 6.92 Å². The maximum Gasteiger partial charge on any atom is 0.287 e. The minimum atomic E-state index is -3.09. The number of aromatic nitrogens is 4. The molecule has 1 fully saturated rings. The summed E-state index contributed by atoms with van der Waals surface area (Å²) < 4.78 is 34.9. The van der Waals surface area contributed by atoms with Crippen molar-refractivity contribution in [3.8, 4) is 5.88 Å². The van der Waals surface area contributed by atoms with E-state index in [2.05, 4.69) is 19.9 Å². The molecule has 1 amide bonds. The number of benzene rings is 1. The molecule has 0 unspecified atom stereocenters. The molecule has 0 radical (unpaired) electrons. The summed E-state index contributed by atoms with van der Waals surface area (Å²) in [7, 11) is 0. The van der Waals surface area contributed by atoms with Gasteiger partial charge in [0, 0.05) is 30.6 Å². The molecule has 4 heterocycles. The molecule has 0 bridgehead atoms. The summed E-state index contributed by atoms with van der Waals surface area (Å²) in [4.78, 5) is 30.1. The summed E-state index contributed by atoms with van der Waals surface area (Å²) in [6.45, 7) is 1.48. The molecule has 1 N–H and O–H groups in total. The number of rotatable bonds is 3. The lowest BCUT2D eigenvalue weighted by molar-refractivity contribution is -0.131. The maximum absolute atomic E-state index is 14.6. The molecule has 0 aliphatic carbocycles. The van der Waals surface area contributed by atoms with E-state index in [1.807, 2.05) is 25.1 Å². The Morgan fingerprint density at radius 1 is 1.22 bits per heavy atom. The number of carbonyl (C=O) groups excluding carboxylic acids is 1. The number of piperidine rings is 1. The van der Waals surface area contributed by atoms with E-state index in [9.17, 15) is 13.6 Å². The smallest absolute Gasteiger partial charge is 0.287 e. The third-order valence-electron chi connectivity index (χ3n) is 5.54. The fourth-order valence-electron chi connectivity index (χ4n) is 3.80. The van der Waals surface area contributed by atoms with Crippen LogP contribution >= 0.6 is 12.4 Å². The Morgan fingerprint density at radius 3 is 2.88 bits per heavy atom. The number of nitrogens with zero attached hydrogens (tertiary/aromatic N) is 4. The summed E-state index contributed by atoms with van der Waals surface area (Å²) in [6, 6.07) is 10.7. The Balaban J connectivity index is 0.00000245. The first-order chi connectivity index (χ1) is 14.9. The third kappa shape index (κ3) is 3.84. The minimum absolute atomic E-state index is 0. The monoisotopic (exact) mass is 459 g/mol. The van der Waals surface area contributed by atoms with E-state index in [1.54, 1.807) is 24.4 Å². The van der Waals surface area contributed by atoms with Crippen molar-refractivity contribution >= 4 is 40.3 Å². The largest absolute Gasteiger partial charge is 0.466 e. The van der Waals surface area contributed by atoms with Crippen LogP contribution in [0.1, 0.15) is 22.5 Å². The van der Waals surface area contributed by atoms with Crippen LogP contribution in [-0.4, -0.2) is 55.9 Å². The first-order valence-electron chi connectivity index (χ1n) is 9.90. The van der Waals surface area contributed by atoms with Crippen molar-refractivity contribution < 1.29 is 18.3 Å². The van der Waals surface area contributed by atoms with E-state index in [-0.39, 0.29) is 37.1 Å². The lowest BCUT2D eigenvalue weighted by Crippen LogP contribution is -2.55. The number of fused-ring (bicyclic) bond motifs is 2. The lowest BCUT2D eigenvalue weighted by atomic mass is 10.0. The van der Waals surface area contributed by atoms with Gasteiger partial charge in [-0.15, -0.1) is 12.4 Å². The van der Waals surface area contributed by atoms with Gasteiger partial charge in [-0.25, -0.2) is 23.7 Å². The van der Waals surface area contributed by atoms with Gasteiger partial charge >= 0.3 is 0 Å². The molecule has 166 valence electrons. The molecule has 0 saturated carbocycles. The number of ether oxygens (including phenoxy) is 1. The topological polar surface area (TPSA) is 84.0 Å². The Labute approximate surface area is 188 Å². The molecule has 7 nitrogen and oxygen atoms in total. The van der Waals surface area contributed by atoms with Crippen molar-refractivity contribution in [3.63, 3.8) is 0 Å². The molecule has 1 aliphatic heterocycles. The zero-order valence-corrected chi connectivity index (χ0v) is 17.9. The zero-order chi connectivity index (χ0) is 21.6. The van der Waals surface area contributed by atoms with Gasteiger partial charge in [0.25, 0.3) is 11.8 Å². The van der Waals surface area contributed by atoms with Gasteiger partial charge in [-0.2, -0.15) is 0 Å². The number of hydrogen-bond acceptors (Lipinski definition) is 5. The second-order valence-electron chi connectivity index (χ2n) is 7.63. The van der Waals surface area contributed by atoms with Crippen LogP contribution in [0.5, 0.6) is 5.88 Å². The summed E-state index contributed by atoms with van der Waals surface area (Å²) in [5.41, 5.74) is 2.76. The molecular weight excluding hydrogens is 440 g/mol. The normalized spacial score (nSPS) is 17.8. The standard InChI is InChI=1S/C22H19F2N5O2.ClH/c1-13-10-25-20(19-18(13)26-12-27-19)21(30)29-9-8-22(23,24)16(11-29)31-17-7-6-14-4-2-3-5-15(14)28-17;/h2-7,10,12,16H,8-9,11H2,1H3,(H,26,27);1H/t16-;/m0./s1. The van der Waals surface area contributed by atoms with Crippen LogP contribution in [0.4, 0.5) is 8.78 Å². The van der Waals surface area contributed by atoms with Crippen molar-refractivity contribution in [1.82, 2.24) is 24.8 Å². The number of alkyl halides is 2. The fourth-order valence-corrected chi connectivity index (χ4v) is 3.80. The number of H-pyrrole nitrogens is 1. The Morgan fingerprint density at radius 2 is 2.03 bits per heavy atom. The number of aromatic amines is 1. The van der Waals surface area contributed by atoms with Crippen LogP contribution in [0.25, 0.3) is 21.9 Å². The predicted molar refractivity (Wildman–Crippen MR) is 118 cm³/mol. The molecule has 1 aliphatic rings. The molecule has 0 spiro atoms. The Kier molecular flexibility index (Phi) is 5.68. The highest BCUT2D eigenvalue weighted by Gasteiger charge is 2.47. The van der Waals surface area contributed by atoms with Gasteiger partial charge in [0.1, 0.15) is 5.52 Å². The van der Waals surface area contributed by atoms with Gasteiger partial charge in [-0.3, -0.25) is 4.79 Å². The lowest BCUT2D eigenvalue weighted by Gasteiger charge is -2.37. The molecule has 1 saturated heterocycles. The van der Waals surface area contributed by atoms with Crippen LogP contribution in [-0.2, 0) is 0 Å². The minimum Gasteiger partial charge on any atom is -0.466 e. The summed E-state index contributed by atoms with van der Waals surface area (Å²) in [5.74, 6) is -3.44. The third-order valence-corrected chi connectivity index (χ3v) is 5.54. The number of pyridine rings is 2. The van der Waals surface area contributed by atoms with Crippen molar-refractivity contribution in [2.24, 2.45) is 0 Å². The average molecular weight is 460 g/mol. The van der Waals surface area contributed by atoms with E-state index in [4.69, 9.17) is 4.74 Å². The van der Waals surface area contributed by atoms with Crippen LogP contribution < -0.4 is 4.74 Å². The second kappa shape index (κ2) is 8.31. The highest BCUT2D eigenvalue weighted by atomic mass is 35.5. The van der Waals surface area contributed by atoms with Crippen molar-refractivity contribution in [2.45, 2.75) is 25.4 Å². The number of imidazole rings is 1. The summed E-state index contributed by atoms with van der Waals surface area (Å²) in [6.07, 6.45) is 1.03. The number of likely N-dealkylation sites (tertiary alicyclic amines) is 1. The fraction of sp³-hybridized carbons (Fsp3) is 0.273. The predicted octanol–water partition coefficient (Wildman–Crippen LogP) is 4.17. The van der Waals surface area contributed by atoms with Crippen LogP contribution in [0.3, 0.4) is 0 Å². The van der Waals surface area contributed by atoms with Crippen molar-refractivity contribution in [1.29, 1.82) is 0 Å². The maximum atomic E-state index is 14.6. The van der Waals surface area contributed by atoms with Gasteiger partial charge in [0.05, 0.1) is 23.9 Å². The molecule has 4 aromatic rings. The van der Waals surface area contributed by atoms with Gasteiger partial charge < -0.3 is 14.6 Å². The average Bonchev–Trinajstić information content (AvgIpc) is 3.26. The first-order valence-corrected chi connectivity index (χ1v) is 9.90. The second-order valence-corrected chi connectivity index (χ2v) is 7.63. The van der Waals surface area contributed by atoms with Crippen molar-refractivity contribution in [3.05, 3.63) is 60.2 Å². The summed E-state index contributed by atoms with van der Waals surface area (Å²) in [5, 5.41) is 0.885. The van der Waals surface area contributed by atoms with E-state index >= 15 is 0 Å². The molecule has 32 heavy (non-hydrogen) atoms. The van der Waals surface area contributed by atoms with Gasteiger partial charge in [0.2, 0.25) is 5.88 Å². The van der Waals surface area contributed by atoms with Gasteiger partial charge in [0.15, 0.2) is 11.8 Å². The van der Waals surface area contributed by atoms with Crippen LogP contribution in [0.15, 0.2) is 48.9 Å². The SMILES string of the molecule is Cc1cnc(C(=O)N2CCC(F)(F)[C@@H](Oc3ccc4ccccc4n3)C2)c2nc[nH]c12.Cl. The zero-order valence-electron chi connectivity index (χ0n) is 17.1. The molecule has 1 aromatic carbocycles. The van der Waals surface area contributed by atoms with Gasteiger partial charge in [-0.05, 0) is 24.6 Å². The molecule has 3 aromatic heterocycles. The summed E-state index contributed by atoms with van der Waals surface area (Å²) >= 11 is 0. The van der Waals surface area contributed by atoms with E-state index in [0.717, 1.165) is 10.9 Å². The quantitative estimate of drug-likeness (QED) is 0.497. The Bertz CT molecular complexity index is 1300. The first kappa shape index (κ1) is 21.9. The number of amides is 1. The number of nitrogens with one attached hydrogen (secondary N) is 1. The number of halogens is 3. The van der Waals surface area contributed by atoms with E-state index < -0.39 is 24.4 Å². The van der Waals surface area contributed by atoms with E-state index in [0.29, 0.717) is 16.6 Å². The number of carbonyl (C=O) groups is 1. The van der Waals surface area contributed by atoms with Crippen LogP contribution in [0.2, 0.25) is 0 Å². The highest BCUT2D eigenvalue weighted by Crippen LogP contribution is 2.32. The number of para-hydroxylation sites is 1. The van der Waals surface area contributed by atoms with Crippen molar-refractivity contribution in [2.75, 3.05) is 13.1 Å². The molecule has 5 rings (SSSR count). The number of hydrogen-bond donors (Lipinski definition) is 1. The Hall–Kier alpha value is -3.33. The number of aryl methyl sites for hydroxylation is 1. The molecular formula is C22H20ClF2N5O2. The molecule has 1 atom stereocenters. The highest BCUT2D eigenvalue weighted by molar-refractivity contribution is 6.03.